The minimum absolute atomic E-state index is 1.20. The molecule has 106 valence electrons. The number of benzene rings is 2. The van der Waals surface area contributed by atoms with Crippen LogP contribution in [0.25, 0.3) is 11.1 Å². The van der Waals surface area contributed by atoms with Crippen LogP contribution in [0, 0.1) is 0 Å². The van der Waals surface area contributed by atoms with Gasteiger partial charge >= 0.3 is 0 Å². The Morgan fingerprint density at radius 1 is 0.550 bits per heavy atom. The Kier molecular flexibility index (Phi) is 5.86. The molecule has 2 rings (SSSR count). The topological polar surface area (TPSA) is 0 Å². The lowest BCUT2D eigenvalue weighted by atomic mass is 9.99. The smallest absolute Gasteiger partial charge is 0.0184 e. The fraction of sp³-hybridized carbons (Fsp3) is 0.400. The molecule has 0 heteroatoms. The maximum Gasteiger partial charge on any atom is -0.0184 e. The monoisotopic (exact) mass is 266 g/mol. The number of aryl methyl sites for hydroxylation is 2. The molecule has 0 amide bonds. The van der Waals surface area contributed by atoms with E-state index in [2.05, 4.69) is 62.4 Å². The molecular weight excluding hydrogens is 240 g/mol. The average molecular weight is 266 g/mol. The van der Waals surface area contributed by atoms with Crippen LogP contribution in [-0.2, 0) is 12.8 Å². The molecule has 0 heterocycles. The van der Waals surface area contributed by atoms with Gasteiger partial charge in [0.1, 0.15) is 0 Å². The molecule has 0 saturated carbocycles. The van der Waals surface area contributed by atoms with Crippen molar-refractivity contribution in [2.75, 3.05) is 0 Å². The third-order valence-electron chi connectivity index (χ3n) is 3.88. The minimum Gasteiger partial charge on any atom is -0.0654 e. The first-order valence-corrected chi connectivity index (χ1v) is 8.01. The predicted molar refractivity (Wildman–Crippen MR) is 89.1 cm³/mol. The minimum atomic E-state index is 1.20. The van der Waals surface area contributed by atoms with Crippen molar-refractivity contribution >= 4 is 0 Å². The van der Waals surface area contributed by atoms with Gasteiger partial charge in [-0.1, -0.05) is 75.2 Å². The molecule has 0 aliphatic rings. The van der Waals surface area contributed by atoms with Crippen LogP contribution in [-0.4, -0.2) is 0 Å². The van der Waals surface area contributed by atoms with Crippen LogP contribution in [0.2, 0.25) is 0 Å². The van der Waals surface area contributed by atoms with Gasteiger partial charge in [0.2, 0.25) is 0 Å². The van der Waals surface area contributed by atoms with Crippen molar-refractivity contribution in [2.24, 2.45) is 0 Å². The zero-order chi connectivity index (χ0) is 14.2. The van der Waals surface area contributed by atoms with Gasteiger partial charge in [-0.2, -0.15) is 0 Å². The molecule has 0 aliphatic heterocycles. The van der Waals surface area contributed by atoms with Gasteiger partial charge in [0.15, 0.2) is 0 Å². The van der Waals surface area contributed by atoms with Crippen LogP contribution in [0.15, 0.2) is 48.5 Å². The maximum absolute atomic E-state index is 2.27. The SMILES string of the molecule is CCCCc1ccc(-c2ccc(CCCC)cc2)cc1. The van der Waals surface area contributed by atoms with Crippen LogP contribution in [0.1, 0.15) is 50.7 Å². The van der Waals surface area contributed by atoms with E-state index in [4.69, 9.17) is 0 Å². The van der Waals surface area contributed by atoms with E-state index in [1.165, 1.54) is 60.8 Å². The van der Waals surface area contributed by atoms with Gasteiger partial charge in [0.05, 0.1) is 0 Å². The third kappa shape index (κ3) is 4.23. The second kappa shape index (κ2) is 7.89. The van der Waals surface area contributed by atoms with Gasteiger partial charge in [-0.15, -0.1) is 0 Å². The summed E-state index contributed by atoms with van der Waals surface area (Å²) in [6, 6.07) is 18.1. The summed E-state index contributed by atoms with van der Waals surface area (Å²) in [6.45, 7) is 4.49. The summed E-state index contributed by atoms with van der Waals surface area (Å²) >= 11 is 0. The number of hydrogen-bond acceptors (Lipinski definition) is 0. The molecule has 2 aromatic rings. The lowest BCUT2D eigenvalue weighted by molar-refractivity contribution is 0.795. The van der Waals surface area contributed by atoms with Crippen molar-refractivity contribution in [2.45, 2.75) is 52.4 Å². The average Bonchev–Trinajstić information content (AvgIpc) is 2.52. The largest absolute Gasteiger partial charge is 0.0654 e. The summed E-state index contributed by atoms with van der Waals surface area (Å²) in [5.74, 6) is 0. The molecule has 0 radical (unpaired) electrons. The van der Waals surface area contributed by atoms with Gasteiger partial charge in [-0.25, -0.2) is 0 Å². The molecule has 0 bridgehead atoms. The molecule has 0 atom stereocenters. The Morgan fingerprint density at radius 2 is 0.900 bits per heavy atom. The summed E-state index contributed by atoms with van der Waals surface area (Å²) in [4.78, 5) is 0. The molecule has 0 spiro atoms. The molecule has 0 N–H and O–H groups in total. The van der Waals surface area contributed by atoms with Crippen LogP contribution in [0.4, 0.5) is 0 Å². The molecule has 0 aromatic heterocycles. The summed E-state index contributed by atoms with van der Waals surface area (Å²) < 4.78 is 0. The summed E-state index contributed by atoms with van der Waals surface area (Å²) in [7, 11) is 0. The van der Waals surface area contributed by atoms with E-state index in [0.717, 1.165) is 0 Å². The molecule has 20 heavy (non-hydrogen) atoms. The lowest BCUT2D eigenvalue weighted by Crippen LogP contribution is -1.87. The quantitative estimate of drug-likeness (QED) is 0.573. The third-order valence-corrected chi connectivity index (χ3v) is 3.88. The number of hydrogen-bond donors (Lipinski definition) is 0. The van der Waals surface area contributed by atoms with Gasteiger partial charge in [-0.05, 0) is 47.9 Å². The first-order chi connectivity index (χ1) is 9.83. The zero-order valence-electron chi connectivity index (χ0n) is 12.9. The lowest BCUT2D eigenvalue weighted by Gasteiger charge is -2.06. The summed E-state index contributed by atoms with van der Waals surface area (Å²) in [5, 5.41) is 0. The Hall–Kier alpha value is -1.56. The number of rotatable bonds is 7. The van der Waals surface area contributed by atoms with Crippen molar-refractivity contribution in [3.8, 4) is 11.1 Å². The summed E-state index contributed by atoms with van der Waals surface area (Å²) in [5.41, 5.74) is 5.56. The normalized spacial score (nSPS) is 10.7. The maximum atomic E-state index is 2.27. The van der Waals surface area contributed by atoms with E-state index in [9.17, 15) is 0 Å². The highest BCUT2D eigenvalue weighted by Gasteiger charge is 1.99. The Morgan fingerprint density at radius 3 is 1.20 bits per heavy atom. The van der Waals surface area contributed by atoms with Crippen molar-refractivity contribution < 1.29 is 0 Å². The van der Waals surface area contributed by atoms with E-state index >= 15 is 0 Å². The van der Waals surface area contributed by atoms with Gasteiger partial charge < -0.3 is 0 Å². The molecule has 0 nitrogen and oxygen atoms in total. The first-order valence-electron chi connectivity index (χ1n) is 8.01. The van der Waals surface area contributed by atoms with Crippen molar-refractivity contribution in [3.05, 3.63) is 59.7 Å². The van der Waals surface area contributed by atoms with Crippen molar-refractivity contribution in [1.82, 2.24) is 0 Å². The first kappa shape index (κ1) is 14.8. The van der Waals surface area contributed by atoms with Gasteiger partial charge in [0.25, 0.3) is 0 Å². The highest BCUT2D eigenvalue weighted by Crippen LogP contribution is 2.21. The fourth-order valence-corrected chi connectivity index (χ4v) is 2.49. The molecule has 0 unspecified atom stereocenters. The van der Waals surface area contributed by atoms with E-state index in [-0.39, 0.29) is 0 Å². The zero-order valence-corrected chi connectivity index (χ0v) is 12.9. The van der Waals surface area contributed by atoms with E-state index in [1.807, 2.05) is 0 Å². The van der Waals surface area contributed by atoms with Crippen molar-refractivity contribution in [1.29, 1.82) is 0 Å². The van der Waals surface area contributed by atoms with E-state index in [1.54, 1.807) is 0 Å². The van der Waals surface area contributed by atoms with Crippen molar-refractivity contribution in [3.63, 3.8) is 0 Å². The Bertz CT molecular complexity index is 441. The second-order valence-electron chi connectivity index (χ2n) is 5.60. The van der Waals surface area contributed by atoms with Gasteiger partial charge in [-0.3, -0.25) is 0 Å². The standard InChI is InChI=1S/C20H26/c1-3-5-7-17-9-13-19(14-10-17)20-15-11-18(12-16-20)8-6-4-2/h9-16H,3-8H2,1-2H3. The van der Waals surface area contributed by atoms with E-state index in [0.29, 0.717) is 0 Å². The molecule has 0 aliphatic carbocycles. The fourth-order valence-electron chi connectivity index (χ4n) is 2.49. The molecule has 2 aromatic carbocycles. The molecule has 0 saturated heterocycles. The second-order valence-corrected chi connectivity index (χ2v) is 5.60. The Balaban J connectivity index is 2.03. The highest BCUT2D eigenvalue weighted by molar-refractivity contribution is 5.63. The van der Waals surface area contributed by atoms with E-state index < -0.39 is 0 Å². The Labute approximate surface area is 123 Å². The molecule has 0 fully saturated rings. The van der Waals surface area contributed by atoms with Crippen LogP contribution < -0.4 is 0 Å². The van der Waals surface area contributed by atoms with Crippen LogP contribution in [0.3, 0.4) is 0 Å². The van der Waals surface area contributed by atoms with Crippen LogP contribution >= 0.6 is 0 Å². The van der Waals surface area contributed by atoms with Gasteiger partial charge in [0, 0.05) is 0 Å². The highest BCUT2D eigenvalue weighted by atomic mass is 14.0. The number of unbranched alkanes of at least 4 members (excludes halogenated alkanes) is 2. The molecular formula is C20H26. The summed E-state index contributed by atoms with van der Waals surface area (Å²) in [6.07, 6.45) is 7.50. The predicted octanol–water partition coefficient (Wildman–Crippen LogP) is 6.04. The van der Waals surface area contributed by atoms with Crippen LogP contribution in [0.5, 0.6) is 0 Å².